The van der Waals surface area contributed by atoms with Crippen LogP contribution in [0.2, 0.25) is 0 Å². The van der Waals surface area contributed by atoms with Crippen LogP contribution in [0.3, 0.4) is 0 Å². The number of carboxylic acid groups (broad SMARTS) is 1. The van der Waals surface area contributed by atoms with E-state index in [0.29, 0.717) is 15.9 Å². The van der Waals surface area contributed by atoms with Crippen molar-refractivity contribution in [2.45, 2.75) is 25.7 Å². The highest BCUT2D eigenvalue weighted by Crippen LogP contribution is 2.36. The Kier molecular flexibility index (Phi) is 3.48. The maximum atomic E-state index is 11.4. The summed E-state index contributed by atoms with van der Waals surface area (Å²) in [5.74, 6) is 1.19. The van der Waals surface area contributed by atoms with Gasteiger partial charge in [-0.25, -0.2) is 9.78 Å². The number of carbonyl (C=O) groups is 1. The molecule has 1 aromatic rings. The molecule has 4 nitrogen and oxygen atoms in total. The lowest BCUT2D eigenvalue weighted by atomic mass is 10.2. The van der Waals surface area contributed by atoms with Gasteiger partial charge in [-0.05, 0) is 59.5 Å². The van der Waals surface area contributed by atoms with Crippen molar-refractivity contribution in [3.8, 4) is 0 Å². The molecule has 0 atom stereocenters. The number of anilines is 1. The molecular formula is C14H17BrN2O2. The third kappa shape index (κ3) is 3.26. The van der Waals surface area contributed by atoms with Crippen molar-refractivity contribution in [2.24, 2.45) is 11.8 Å². The summed E-state index contributed by atoms with van der Waals surface area (Å²) in [6.45, 7) is 1.90. The van der Waals surface area contributed by atoms with Crippen LogP contribution in [0.5, 0.6) is 0 Å². The summed E-state index contributed by atoms with van der Waals surface area (Å²) < 4.78 is 0.714. The minimum atomic E-state index is -0.902. The quantitative estimate of drug-likeness (QED) is 0.873. The fourth-order valence-electron chi connectivity index (χ4n) is 2.31. The normalized spacial score (nSPS) is 18.4. The van der Waals surface area contributed by atoms with Gasteiger partial charge in [-0.15, -0.1) is 0 Å². The Morgan fingerprint density at radius 2 is 1.89 bits per heavy atom. The van der Waals surface area contributed by atoms with Gasteiger partial charge in [0.15, 0.2) is 0 Å². The Balaban J connectivity index is 1.88. The molecule has 0 unspecified atom stereocenters. The summed E-state index contributed by atoms with van der Waals surface area (Å²) in [6, 6.07) is 1.65. The molecule has 2 fully saturated rings. The van der Waals surface area contributed by atoms with Gasteiger partial charge in [0.25, 0.3) is 0 Å². The standard InChI is InChI=1S/C14H17BrN2O2/c15-11-5-12(14(18)19)13(16-6-11)17(7-9-1-2-9)8-10-3-4-10/h5-6,9-10H,1-4,7-8H2,(H,18,19). The number of hydrogen-bond acceptors (Lipinski definition) is 3. The average molecular weight is 325 g/mol. The van der Waals surface area contributed by atoms with E-state index in [1.54, 1.807) is 12.3 Å². The van der Waals surface area contributed by atoms with Gasteiger partial charge in [-0.3, -0.25) is 0 Å². The van der Waals surface area contributed by atoms with Gasteiger partial charge in [0.1, 0.15) is 11.4 Å². The molecule has 0 saturated heterocycles. The lowest BCUT2D eigenvalue weighted by molar-refractivity contribution is 0.0697. The summed E-state index contributed by atoms with van der Waals surface area (Å²) in [4.78, 5) is 17.9. The number of pyridine rings is 1. The summed E-state index contributed by atoms with van der Waals surface area (Å²) >= 11 is 3.30. The number of nitrogens with zero attached hydrogens (tertiary/aromatic N) is 2. The third-order valence-electron chi connectivity index (χ3n) is 3.71. The fraction of sp³-hybridized carbons (Fsp3) is 0.571. The van der Waals surface area contributed by atoms with Gasteiger partial charge < -0.3 is 10.0 Å². The zero-order valence-electron chi connectivity index (χ0n) is 10.7. The van der Waals surface area contributed by atoms with E-state index in [1.807, 2.05) is 0 Å². The van der Waals surface area contributed by atoms with E-state index in [4.69, 9.17) is 0 Å². The van der Waals surface area contributed by atoms with Crippen molar-refractivity contribution < 1.29 is 9.90 Å². The van der Waals surface area contributed by atoms with Crippen LogP contribution in [0.1, 0.15) is 36.0 Å². The minimum Gasteiger partial charge on any atom is -0.478 e. The summed E-state index contributed by atoms with van der Waals surface area (Å²) in [5.41, 5.74) is 0.302. The lowest BCUT2D eigenvalue weighted by Gasteiger charge is -2.25. The predicted molar refractivity (Wildman–Crippen MR) is 76.6 cm³/mol. The molecule has 1 N–H and O–H groups in total. The molecule has 0 aromatic carbocycles. The van der Waals surface area contributed by atoms with Crippen molar-refractivity contribution in [1.82, 2.24) is 4.98 Å². The van der Waals surface area contributed by atoms with E-state index in [9.17, 15) is 9.90 Å². The van der Waals surface area contributed by atoms with Crippen molar-refractivity contribution >= 4 is 27.7 Å². The molecule has 102 valence electrons. The Morgan fingerprint density at radius 3 is 2.37 bits per heavy atom. The second-order valence-corrected chi connectivity index (χ2v) is 6.54. The monoisotopic (exact) mass is 324 g/mol. The lowest BCUT2D eigenvalue weighted by Crippen LogP contribution is -2.30. The summed E-state index contributed by atoms with van der Waals surface area (Å²) in [5, 5.41) is 9.35. The Hall–Kier alpha value is -1.10. The van der Waals surface area contributed by atoms with Crippen LogP contribution in [0.15, 0.2) is 16.7 Å². The zero-order valence-corrected chi connectivity index (χ0v) is 12.3. The van der Waals surface area contributed by atoms with E-state index in [1.165, 1.54) is 25.7 Å². The van der Waals surface area contributed by atoms with Crippen molar-refractivity contribution in [3.05, 3.63) is 22.3 Å². The molecule has 0 aliphatic heterocycles. The fourth-order valence-corrected chi connectivity index (χ4v) is 2.64. The molecule has 0 bridgehead atoms. The Bertz CT molecular complexity index is 484. The first-order chi connectivity index (χ1) is 9.13. The van der Waals surface area contributed by atoms with Crippen LogP contribution in [0, 0.1) is 11.8 Å². The molecular weight excluding hydrogens is 308 g/mol. The van der Waals surface area contributed by atoms with Crippen LogP contribution in [-0.4, -0.2) is 29.1 Å². The van der Waals surface area contributed by atoms with Crippen LogP contribution in [0.4, 0.5) is 5.82 Å². The molecule has 3 rings (SSSR count). The van der Waals surface area contributed by atoms with Gasteiger partial charge >= 0.3 is 5.97 Å². The molecule has 0 amide bonds. The highest BCUT2D eigenvalue weighted by molar-refractivity contribution is 9.10. The number of aromatic nitrogens is 1. The molecule has 1 heterocycles. The second-order valence-electron chi connectivity index (χ2n) is 5.62. The third-order valence-corrected chi connectivity index (χ3v) is 4.15. The van der Waals surface area contributed by atoms with Crippen LogP contribution >= 0.6 is 15.9 Å². The Morgan fingerprint density at radius 1 is 1.32 bits per heavy atom. The largest absolute Gasteiger partial charge is 0.478 e. The van der Waals surface area contributed by atoms with E-state index >= 15 is 0 Å². The second kappa shape index (κ2) is 5.12. The number of rotatable bonds is 6. The van der Waals surface area contributed by atoms with Gasteiger partial charge in [0, 0.05) is 23.8 Å². The molecule has 2 aliphatic carbocycles. The predicted octanol–water partition coefficient (Wildman–Crippen LogP) is 3.17. The smallest absolute Gasteiger partial charge is 0.339 e. The first kappa shape index (κ1) is 12.9. The van der Waals surface area contributed by atoms with E-state index in [2.05, 4.69) is 25.8 Å². The van der Waals surface area contributed by atoms with Crippen LogP contribution in [-0.2, 0) is 0 Å². The first-order valence-corrected chi connectivity index (χ1v) is 7.56. The van der Waals surface area contributed by atoms with Gasteiger partial charge in [-0.1, -0.05) is 0 Å². The SMILES string of the molecule is O=C(O)c1cc(Br)cnc1N(CC1CC1)CC1CC1. The number of halogens is 1. The average Bonchev–Trinajstić information content (AvgIpc) is 3.23. The maximum absolute atomic E-state index is 11.4. The molecule has 2 saturated carbocycles. The van der Waals surface area contributed by atoms with Gasteiger partial charge in [0.2, 0.25) is 0 Å². The molecule has 2 aliphatic rings. The number of aromatic carboxylic acids is 1. The van der Waals surface area contributed by atoms with E-state index in [0.717, 1.165) is 24.9 Å². The molecule has 0 spiro atoms. The van der Waals surface area contributed by atoms with Crippen LogP contribution in [0.25, 0.3) is 0 Å². The molecule has 1 aromatic heterocycles. The Labute approximate surface area is 121 Å². The van der Waals surface area contributed by atoms with Crippen LogP contribution < -0.4 is 4.90 Å². The molecule has 19 heavy (non-hydrogen) atoms. The zero-order chi connectivity index (χ0) is 13.4. The van der Waals surface area contributed by atoms with E-state index in [-0.39, 0.29) is 0 Å². The highest BCUT2D eigenvalue weighted by Gasteiger charge is 2.31. The van der Waals surface area contributed by atoms with Gasteiger partial charge in [-0.2, -0.15) is 0 Å². The highest BCUT2D eigenvalue weighted by atomic mass is 79.9. The number of carboxylic acids is 1. The van der Waals surface area contributed by atoms with E-state index < -0.39 is 5.97 Å². The van der Waals surface area contributed by atoms with Crippen molar-refractivity contribution in [1.29, 1.82) is 0 Å². The summed E-state index contributed by atoms with van der Waals surface area (Å²) in [6.07, 6.45) is 6.75. The first-order valence-electron chi connectivity index (χ1n) is 6.77. The topological polar surface area (TPSA) is 53.4 Å². The van der Waals surface area contributed by atoms with Crippen molar-refractivity contribution in [3.63, 3.8) is 0 Å². The van der Waals surface area contributed by atoms with Gasteiger partial charge in [0.05, 0.1) is 0 Å². The van der Waals surface area contributed by atoms with Crippen molar-refractivity contribution in [2.75, 3.05) is 18.0 Å². The molecule has 0 radical (unpaired) electrons. The minimum absolute atomic E-state index is 0.302. The molecule has 5 heteroatoms. The summed E-state index contributed by atoms with van der Waals surface area (Å²) in [7, 11) is 0. The number of hydrogen-bond donors (Lipinski definition) is 1. The maximum Gasteiger partial charge on any atom is 0.339 e.